The highest BCUT2D eigenvalue weighted by Gasteiger charge is 2.25. The summed E-state index contributed by atoms with van der Waals surface area (Å²) < 4.78 is 17.2. The van der Waals surface area contributed by atoms with Gasteiger partial charge in [0.15, 0.2) is 6.10 Å². The van der Waals surface area contributed by atoms with Crippen molar-refractivity contribution >= 4 is 17.9 Å². The van der Waals surface area contributed by atoms with Gasteiger partial charge in [0.25, 0.3) is 0 Å². The summed E-state index contributed by atoms with van der Waals surface area (Å²) >= 11 is 0. The number of rotatable bonds is 45. The number of hydrogen-bond donors (Lipinski definition) is 0. The number of ether oxygens (including phenoxy) is 3. The Morgan fingerprint density at radius 3 is 1.35 bits per heavy atom. The van der Waals surface area contributed by atoms with Gasteiger partial charge in [-0.2, -0.15) is 0 Å². The molecule has 0 rings (SSSR count). The van der Waals surface area contributed by atoms with Gasteiger partial charge in [-0.05, 0) is 77.0 Å². The number of allylic oxidation sites excluding steroid dienone is 10. The molecule has 0 fully saturated rings. The van der Waals surface area contributed by atoms with Crippen LogP contribution in [0.4, 0.5) is 0 Å². The third-order valence-electron chi connectivity index (χ3n) is 11.1. The molecule has 2 atom stereocenters. The topological polar surface area (TPSA) is 102 Å². The Balaban J connectivity index is 4.28. The van der Waals surface area contributed by atoms with Crippen LogP contribution in [0, 0.1) is 0 Å². The summed E-state index contributed by atoms with van der Waals surface area (Å²) in [7, 11) is 5.40. The molecule has 0 aliphatic rings. The van der Waals surface area contributed by atoms with E-state index in [1.165, 1.54) is 103 Å². The molecule has 0 aromatic heterocycles. The van der Waals surface area contributed by atoms with Crippen molar-refractivity contribution in [1.29, 1.82) is 0 Å². The van der Waals surface area contributed by atoms with Gasteiger partial charge >= 0.3 is 11.9 Å². The first-order valence-electron chi connectivity index (χ1n) is 25.3. The number of carboxylic acids is 1. The minimum atomic E-state index is -1.13. The van der Waals surface area contributed by atoms with E-state index in [1.54, 1.807) is 21.1 Å². The molecule has 0 aromatic carbocycles. The van der Waals surface area contributed by atoms with Crippen LogP contribution in [0.2, 0.25) is 0 Å². The highest BCUT2D eigenvalue weighted by molar-refractivity contribution is 5.70. The van der Waals surface area contributed by atoms with Crippen LogP contribution < -0.4 is 5.11 Å². The predicted octanol–water partition coefficient (Wildman–Crippen LogP) is 13.2. The number of likely N-dealkylation sites (N-methyl/N-ethyl adjacent to an activating group) is 1. The fourth-order valence-electron chi connectivity index (χ4n) is 7.23. The first-order valence-corrected chi connectivity index (χ1v) is 25.3. The Hall–Kier alpha value is -2.97. The van der Waals surface area contributed by atoms with Crippen molar-refractivity contribution < 1.29 is 38.2 Å². The number of carboxylic acid groups (broad SMARTS) is 1. The lowest BCUT2D eigenvalue weighted by Crippen LogP contribution is -2.55. The van der Waals surface area contributed by atoms with Gasteiger partial charge < -0.3 is 28.6 Å². The number of carbonyl (C=O) groups is 3. The second-order valence-corrected chi connectivity index (χ2v) is 18.0. The van der Waals surface area contributed by atoms with E-state index in [9.17, 15) is 19.5 Å². The summed E-state index contributed by atoms with van der Waals surface area (Å²) in [5, 5.41) is 11.7. The number of carbonyl (C=O) groups excluding carboxylic acids is 3. The lowest BCUT2D eigenvalue weighted by atomic mass is 10.1. The largest absolute Gasteiger partial charge is 0.544 e. The van der Waals surface area contributed by atoms with Crippen LogP contribution in [0.15, 0.2) is 60.8 Å². The molecular formula is C54H95NO7. The van der Waals surface area contributed by atoms with Gasteiger partial charge in [0.05, 0.1) is 40.3 Å². The highest BCUT2D eigenvalue weighted by Crippen LogP contribution is 2.15. The second kappa shape index (κ2) is 44.6. The minimum Gasteiger partial charge on any atom is -0.544 e. The molecule has 0 bridgehead atoms. The van der Waals surface area contributed by atoms with E-state index in [0.29, 0.717) is 12.8 Å². The first kappa shape index (κ1) is 59.0. The second-order valence-electron chi connectivity index (χ2n) is 18.0. The van der Waals surface area contributed by atoms with Crippen molar-refractivity contribution in [3.05, 3.63) is 60.8 Å². The van der Waals surface area contributed by atoms with E-state index in [-0.39, 0.29) is 42.7 Å². The van der Waals surface area contributed by atoms with E-state index in [0.717, 1.165) is 77.0 Å². The van der Waals surface area contributed by atoms with Gasteiger partial charge in [-0.3, -0.25) is 9.59 Å². The van der Waals surface area contributed by atoms with E-state index >= 15 is 0 Å². The summed E-state index contributed by atoms with van der Waals surface area (Å²) in [4.78, 5) is 37.0. The summed E-state index contributed by atoms with van der Waals surface area (Å²) in [6.45, 7) is 4.53. The first-order chi connectivity index (χ1) is 30.1. The van der Waals surface area contributed by atoms with Gasteiger partial charge in [0, 0.05) is 19.3 Å². The van der Waals surface area contributed by atoms with Crippen molar-refractivity contribution in [2.24, 2.45) is 0 Å². The monoisotopic (exact) mass is 870 g/mol. The molecule has 2 unspecified atom stereocenters. The molecule has 0 aromatic rings. The molecule has 0 aliphatic heterocycles. The molecule has 0 N–H and O–H groups in total. The van der Waals surface area contributed by atoms with Crippen molar-refractivity contribution in [3.8, 4) is 0 Å². The third-order valence-corrected chi connectivity index (χ3v) is 11.1. The van der Waals surface area contributed by atoms with Crippen LogP contribution in [-0.4, -0.2) is 75.5 Å². The SMILES string of the molecule is CC/C=C\C/C=C\C/C=C\C/C=C\CCCCCCC(=O)OC(COCCC(C(=O)[O-])[N+](C)(C)C)COC(=O)CCCCCCCCCCC/C=C\CCCCCCCCCC. The van der Waals surface area contributed by atoms with Crippen LogP contribution in [0.5, 0.6) is 0 Å². The van der Waals surface area contributed by atoms with Gasteiger partial charge in [-0.1, -0.05) is 177 Å². The normalized spacial score (nSPS) is 13.4. The number of nitrogens with zero attached hydrogens (tertiary/aromatic N) is 1. The van der Waals surface area contributed by atoms with Crippen LogP contribution in [-0.2, 0) is 28.6 Å². The standard InChI is InChI=1S/C54H95NO7/c1-6-8-10-12-14-16-18-20-22-24-25-26-27-29-30-32-34-36-38-40-42-44-52(56)61-49-50(48-60-47-46-51(54(58)59)55(3,4)5)62-53(57)45-43-41-39-37-35-33-31-28-23-21-19-17-15-13-11-9-7-2/h9,11,15,17,21,23-25,31,33,50-51H,6-8,10,12-14,16,18-20,22,26-30,32,34-49H2,1-5H3/b11-9-,17-15-,23-21-,25-24-,33-31-. The van der Waals surface area contributed by atoms with Gasteiger partial charge in [0.2, 0.25) is 0 Å². The van der Waals surface area contributed by atoms with Crippen molar-refractivity contribution in [1.82, 2.24) is 0 Å². The van der Waals surface area contributed by atoms with Gasteiger partial charge in [0.1, 0.15) is 12.6 Å². The van der Waals surface area contributed by atoms with Crippen LogP contribution in [0.3, 0.4) is 0 Å². The third kappa shape index (κ3) is 42.3. The Kier molecular flexibility index (Phi) is 42.5. The van der Waals surface area contributed by atoms with Gasteiger partial charge in [-0.15, -0.1) is 0 Å². The molecule has 0 amide bonds. The summed E-state index contributed by atoms with van der Waals surface area (Å²) in [5.74, 6) is -1.77. The smallest absolute Gasteiger partial charge is 0.306 e. The number of hydrogen-bond acceptors (Lipinski definition) is 7. The Morgan fingerprint density at radius 1 is 0.500 bits per heavy atom. The average Bonchev–Trinajstić information content (AvgIpc) is 3.23. The molecule has 8 heteroatoms. The lowest BCUT2D eigenvalue weighted by Gasteiger charge is -2.34. The molecular weight excluding hydrogens is 775 g/mol. The predicted molar refractivity (Wildman–Crippen MR) is 259 cm³/mol. The average molecular weight is 870 g/mol. The maximum atomic E-state index is 12.8. The lowest BCUT2D eigenvalue weighted by molar-refractivity contribution is -0.889. The molecule has 0 spiro atoms. The summed E-state index contributed by atoms with van der Waals surface area (Å²) in [5.41, 5.74) is 0. The van der Waals surface area contributed by atoms with E-state index in [4.69, 9.17) is 14.2 Å². The zero-order valence-electron chi connectivity index (χ0n) is 40.8. The highest BCUT2D eigenvalue weighted by atomic mass is 16.6. The zero-order chi connectivity index (χ0) is 45.6. The molecule has 0 heterocycles. The van der Waals surface area contributed by atoms with Gasteiger partial charge in [-0.25, -0.2) is 0 Å². The van der Waals surface area contributed by atoms with Crippen molar-refractivity contribution in [2.75, 3.05) is 41.0 Å². The molecule has 0 saturated carbocycles. The fourth-order valence-corrected chi connectivity index (χ4v) is 7.23. The molecule has 0 saturated heterocycles. The maximum Gasteiger partial charge on any atom is 0.306 e. The zero-order valence-corrected chi connectivity index (χ0v) is 40.8. The Bertz CT molecular complexity index is 1200. The summed E-state index contributed by atoms with van der Waals surface area (Å²) in [6, 6.07) is -0.733. The molecule has 8 nitrogen and oxygen atoms in total. The molecule has 358 valence electrons. The number of quaternary nitrogens is 1. The van der Waals surface area contributed by atoms with Crippen LogP contribution in [0.1, 0.15) is 213 Å². The van der Waals surface area contributed by atoms with E-state index in [2.05, 4.69) is 74.6 Å². The quantitative estimate of drug-likeness (QED) is 0.0260. The number of esters is 2. The molecule has 0 aliphatic carbocycles. The number of unbranched alkanes of at least 4 members (excludes halogenated alkanes) is 21. The van der Waals surface area contributed by atoms with E-state index < -0.39 is 18.1 Å². The molecule has 0 radical (unpaired) electrons. The minimum absolute atomic E-state index is 0.0286. The molecule has 62 heavy (non-hydrogen) atoms. The van der Waals surface area contributed by atoms with Crippen molar-refractivity contribution in [3.63, 3.8) is 0 Å². The fraction of sp³-hybridized carbons (Fsp3) is 0.759. The summed E-state index contributed by atoms with van der Waals surface area (Å²) in [6.07, 6.45) is 55.4. The van der Waals surface area contributed by atoms with Crippen molar-refractivity contribution in [2.45, 2.75) is 225 Å². The van der Waals surface area contributed by atoms with Crippen LogP contribution in [0.25, 0.3) is 0 Å². The van der Waals surface area contributed by atoms with E-state index in [1.807, 2.05) is 0 Å². The number of aliphatic carboxylic acids is 1. The Morgan fingerprint density at radius 2 is 0.903 bits per heavy atom. The van der Waals surface area contributed by atoms with Crippen LogP contribution >= 0.6 is 0 Å². The Labute approximate surface area is 381 Å². The maximum absolute atomic E-state index is 12.8.